The number of rotatable bonds is 6. The molecule has 1 heterocycles. The third-order valence-electron chi connectivity index (χ3n) is 7.13. The van der Waals surface area contributed by atoms with Gasteiger partial charge >= 0.3 is 0 Å². The summed E-state index contributed by atoms with van der Waals surface area (Å²) in [5.41, 5.74) is 1.71. The zero-order valence-electron chi connectivity index (χ0n) is 16.3. The number of carbonyl (C=O) groups excluding carboxylic acids is 1. The van der Waals surface area contributed by atoms with Crippen molar-refractivity contribution in [3.8, 4) is 0 Å². The van der Waals surface area contributed by atoms with Crippen molar-refractivity contribution in [3.05, 3.63) is 30.1 Å². The van der Waals surface area contributed by atoms with Crippen molar-refractivity contribution in [2.24, 2.45) is 17.3 Å². The third-order valence-corrected chi connectivity index (χ3v) is 8.21. The van der Waals surface area contributed by atoms with Crippen LogP contribution in [0.2, 0.25) is 0 Å². The summed E-state index contributed by atoms with van der Waals surface area (Å²) in [6, 6.07) is 7.98. The fourth-order valence-electron chi connectivity index (χ4n) is 6.38. The number of fused-ring (bicyclic) bond motifs is 1. The van der Waals surface area contributed by atoms with Crippen LogP contribution in [0.4, 0.5) is 0 Å². The second-order valence-corrected chi connectivity index (χ2v) is 11.1. The Morgan fingerprint density at radius 1 is 1.32 bits per heavy atom. The van der Waals surface area contributed by atoms with E-state index in [0.29, 0.717) is 11.8 Å². The maximum atomic E-state index is 13.6. The third kappa shape index (κ3) is 3.24. The summed E-state index contributed by atoms with van der Waals surface area (Å²) >= 11 is 8.76. The van der Waals surface area contributed by atoms with Crippen molar-refractivity contribution in [1.29, 1.82) is 0 Å². The highest BCUT2D eigenvalue weighted by Crippen LogP contribution is 2.63. The highest BCUT2D eigenvalue weighted by Gasteiger charge is 2.60. The van der Waals surface area contributed by atoms with Gasteiger partial charge in [-0.05, 0) is 80.9 Å². The van der Waals surface area contributed by atoms with Crippen LogP contribution in [-0.2, 0) is 4.79 Å². The topological polar surface area (TPSA) is 57.8 Å². The van der Waals surface area contributed by atoms with Crippen LogP contribution in [-0.4, -0.2) is 32.8 Å². The molecular weight excluding hydrogens is 390 g/mol. The number of benzene rings is 1. The van der Waals surface area contributed by atoms with Crippen molar-refractivity contribution in [2.75, 3.05) is 12.0 Å². The first-order valence-electron chi connectivity index (χ1n) is 10.4. The molecule has 4 saturated carbocycles. The van der Waals surface area contributed by atoms with Gasteiger partial charge in [0.25, 0.3) is 0 Å². The number of para-hydroxylation sites is 2. The minimum absolute atomic E-state index is 0.0772. The molecule has 28 heavy (non-hydrogen) atoms. The minimum atomic E-state index is -0.268. The number of H-pyrrole nitrogens is 1. The Morgan fingerprint density at radius 3 is 2.75 bits per heavy atom. The maximum absolute atomic E-state index is 13.6. The number of hydrogen-bond donors (Lipinski definition) is 2. The molecule has 5 atom stereocenters. The molecule has 6 rings (SSSR count). The van der Waals surface area contributed by atoms with Gasteiger partial charge in [-0.25, -0.2) is 4.98 Å². The maximum Gasteiger partial charge on any atom is 0.226 e. The van der Waals surface area contributed by atoms with Crippen LogP contribution in [0.1, 0.15) is 56.8 Å². The summed E-state index contributed by atoms with van der Waals surface area (Å²) in [5, 5.41) is 3.40. The predicted molar refractivity (Wildman–Crippen MR) is 116 cm³/mol. The average molecular weight is 418 g/mol. The molecule has 2 N–H and O–H groups in total. The van der Waals surface area contributed by atoms with Crippen LogP contribution in [0.5, 0.6) is 0 Å². The van der Waals surface area contributed by atoms with E-state index in [4.69, 9.17) is 16.6 Å². The molecule has 4 aliphatic carbocycles. The number of aromatic amines is 1. The van der Waals surface area contributed by atoms with E-state index in [9.17, 15) is 4.79 Å². The van der Waals surface area contributed by atoms with Crippen molar-refractivity contribution in [3.63, 3.8) is 0 Å². The Hall–Kier alpha value is -1.20. The fourth-order valence-corrected chi connectivity index (χ4v) is 7.54. The smallest absolute Gasteiger partial charge is 0.226 e. The molecule has 0 saturated heterocycles. The van der Waals surface area contributed by atoms with Gasteiger partial charge in [0.1, 0.15) is 5.82 Å². The van der Waals surface area contributed by atoms with E-state index in [1.807, 2.05) is 24.3 Å². The Kier molecular flexibility index (Phi) is 4.66. The van der Waals surface area contributed by atoms with Crippen LogP contribution in [0, 0.1) is 17.3 Å². The lowest BCUT2D eigenvalue weighted by atomic mass is 9.49. The molecule has 4 bridgehead atoms. The van der Waals surface area contributed by atoms with Crippen LogP contribution in [0.3, 0.4) is 0 Å². The normalized spacial score (nSPS) is 34.6. The zero-order chi connectivity index (χ0) is 19.4. The molecular formula is C22H28ClN3OS. The summed E-state index contributed by atoms with van der Waals surface area (Å²) in [7, 11) is 0. The first-order chi connectivity index (χ1) is 13.5. The highest BCUT2D eigenvalue weighted by molar-refractivity contribution is 7.98. The van der Waals surface area contributed by atoms with Crippen LogP contribution in [0.25, 0.3) is 11.0 Å². The standard InChI is InChI=1S/C22H28ClN3OS/c1-28-7-6-18(19-24-16-4-2-3-5-17(16)25-19)26-20(27)21-9-14-8-15(10-21)12-22(23,11-14)13-21/h2-5,14-15,18H,6-13H2,1H3,(H,24,25)(H,26,27)/t14-,15+,18-,21?,22?/m1/s1. The summed E-state index contributed by atoms with van der Waals surface area (Å²) in [4.78, 5) is 21.6. The molecule has 0 radical (unpaired) electrons. The number of nitrogens with one attached hydrogen (secondary N) is 2. The molecule has 0 aliphatic heterocycles. The average Bonchev–Trinajstić information content (AvgIpc) is 3.07. The Bertz CT molecular complexity index is 850. The van der Waals surface area contributed by atoms with Gasteiger partial charge in [-0.2, -0.15) is 11.8 Å². The number of amides is 1. The lowest BCUT2D eigenvalue weighted by molar-refractivity contribution is -0.145. The largest absolute Gasteiger partial charge is 0.346 e. The van der Waals surface area contributed by atoms with Crippen LogP contribution < -0.4 is 5.32 Å². The van der Waals surface area contributed by atoms with Gasteiger partial charge in [0, 0.05) is 4.87 Å². The molecule has 1 aromatic heterocycles. The molecule has 4 nitrogen and oxygen atoms in total. The number of thioether (sulfide) groups is 1. The Morgan fingerprint density at radius 2 is 2.07 bits per heavy atom. The van der Waals surface area contributed by atoms with Crippen molar-refractivity contribution < 1.29 is 4.79 Å². The molecule has 4 aliphatic rings. The quantitative estimate of drug-likeness (QED) is 0.646. The molecule has 2 aromatic rings. The van der Waals surface area contributed by atoms with Gasteiger partial charge in [-0.1, -0.05) is 12.1 Å². The van der Waals surface area contributed by atoms with E-state index in [0.717, 1.165) is 61.1 Å². The summed E-state index contributed by atoms with van der Waals surface area (Å²) in [6.07, 6.45) is 9.31. The Balaban J connectivity index is 1.40. The van der Waals surface area contributed by atoms with Gasteiger partial charge in [0.15, 0.2) is 0 Å². The monoisotopic (exact) mass is 417 g/mol. The van der Waals surface area contributed by atoms with E-state index in [-0.39, 0.29) is 22.2 Å². The zero-order valence-corrected chi connectivity index (χ0v) is 17.9. The number of imidazole rings is 1. The highest BCUT2D eigenvalue weighted by atomic mass is 35.5. The van der Waals surface area contributed by atoms with E-state index in [1.165, 1.54) is 6.42 Å². The number of carbonyl (C=O) groups is 1. The lowest BCUT2D eigenvalue weighted by Gasteiger charge is -2.59. The molecule has 150 valence electrons. The first kappa shape index (κ1) is 18.8. The van der Waals surface area contributed by atoms with Crippen LogP contribution >= 0.6 is 23.4 Å². The molecule has 1 amide bonds. The number of aromatic nitrogens is 2. The minimum Gasteiger partial charge on any atom is -0.346 e. The van der Waals surface area contributed by atoms with Gasteiger partial charge in [0.2, 0.25) is 5.91 Å². The van der Waals surface area contributed by atoms with E-state index in [1.54, 1.807) is 11.8 Å². The number of alkyl halides is 1. The van der Waals surface area contributed by atoms with Crippen molar-refractivity contribution in [2.45, 2.75) is 55.9 Å². The first-order valence-corrected chi connectivity index (χ1v) is 12.2. The molecule has 1 aromatic carbocycles. The summed E-state index contributed by atoms with van der Waals surface area (Å²) < 4.78 is 0. The molecule has 0 spiro atoms. The van der Waals surface area contributed by atoms with Gasteiger partial charge in [-0.3, -0.25) is 4.79 Å². The lowest BCUT2D eigenvalue weighted by Crippen LogP contribution is -2.58. The second-order valence-electron chi connectivity index (χ2n) is 9.34. The number of hydrogen-bond acceptors (Lipinski definition) is 3. The van der Waals surface area contributed by atoms with E-state index < -0.39 is 0 Å². The summed E-state index contributed by atoms with van der Waals surface area (Å²) in [6.45, 7) is 0. The van der Waals surface area contributed by atoms with Gasteiger partial charge in [-0.15, -0.1) is 11.6 Å². The number of nitrogens with zero attached hydrogens (tertiary/aromatic N) is 1. The molecule has 2 unspecified atom stereocenters. The van der Waals surface area contributed by atoms with E-state index in [2.05, 4.69) is 16.6 Å². The van der Waals surface area contributed by atoms with Crippen molar-refractivity contribution in [1.82, 2.24) is 15.3 Å². The van der Waals surface area contributed by atoms with Gasteiger partial charge < -0.3 is 10.3 Å². The Labute approximate surface area is 175 Å². The number of halogens is 1. The van der Waals surface area contributed by atoms with Gasteiger partial charge in [0.05, 0.1) is 22.5 Å². The summed E-state index contributed by atoms with van der Waals surface area (Å²) in [5.74, 6) is 3.31. The predicted octanol–water partition coefficient (Wildman–Crippen LogP) is 5.05. The van der Waals surface area contributed by atoms with Crippen molar-refractivity contribution >= 4 is 40.3 Å². The fraction of sp³-hybridized carbons (Fsp3) is 0.636. The van der Waals surface area contributed by atoms with E-state index >= 15 is 0 Å². The SMILES string of the molecule is CSCC[C@@H](NC(=O)C12C[C@@H]3C[C@@H](CC(Cl)(C3)C1)C2)c1nc2ccccc2[nH]1. The second kappa shape index (κ2) is 6.94. The molecule has 4 fully saturated rings. The van der Waals surface area contributed by atoms with Crippen LogP contribution in [0.15, 0.2) is 24.3 Å². The molecule has 6 heteroatoms.